The van der Waals surface area contributed by atoms with E-state index in [0.29, 0.717) is 21.8 Å². The van der Waals surface area contributed by atoms with Crippen LogP contribution in [0, 0.1) is 0 Å². The molecule has 2 aromatic carbocycles. The topological polar surface area (TPSA) is 113 Å². The number of fused-ring (bicyclic) bond motifs is 2. The molecule has 0 bridgehead atoms. The normalized spacial score (nSPS) is 12.8. The molecular weight excluding hydrogens is 346 g/mol. The third kappa shape index (κ3) is 2.86. The Morgan fingerprint density at radius 2 is 1.85 bits per heavy atom. The van der Waals surface area contributed by atoms with Crippen LogP contribution >= 0.6 is 0 Å². The molecule has 27 heavy (non-hydrogen) atoms. The van der Waals surface area contributed by atoms with E-state index in [1.807, 2.05) is 6.07 Å². The maximum atomic E-state index is 12.6. The molecule has 0 aliphatic carbocycles. The van der Waals surface area contributed by atoms with Crippen LogP contribution in [0.25, 0.3) is 21.8 Å². The number of para-hydroxylation sites is 2. The SMILES string of the molecule is CC(C(=O)N=Nc1c(O)[nH]c2ccccc12)n1cnc2ccccc2c1=O. The highest BCUT2D eigenvalue weighted by atomic mass is 16.3. The van der Waals surface area contributed by atoms with E-state index < -0.39 is 11.9 Å². The number of rotatable bonds is 3. The van der Waals surface area contributed by atoms with Crippen molar-refractivity contribution in [1.82, 2.24) is 14.5 Å². The fourth-order valence-electron chi connectivity index (χ4n) is 2.87. The van der Waals surface area contributed by atoms with E-state index in [1.54, 1.807) is 49.4 Å². The molecule has 0 fully saturated rings. The summed E-state index contributed by atoms with van der Waals surface area (Å²) in [6, 6.07) is 13.2. The minimum atomic E-state index is -0.884. The number of carbonyl (C=O) groups excluding carboxylic acids is 1. The number of hydrogen-bond donors (Lipinski definition) is 2. The number of aromatic nitrogens is 3. The van der Waals surface area contributed by atoms with Crippen molar-refractivity contribution in [3.63, 3.8) is 0 Å². The first-order valence-electron chi connectivity index (χ1n) is 8.27. The molecule has 0 aliphatic rings. The summed E-state index contributed by atoms with van der Waals surface area (Å²) in [6.45, 7) is 1.55. The van der Waals surface area contributed by atoms with Gasteiger partial charge in [0.25, 0.3) is 11.5 Å². The first-order chi connectivity index (χ1) is 13.1. The predicted molar refractivity (Wildman–Crippen MR) is 100 cm³/mol. The van der Waals surface area contributed by atoms with Gasteiger partial charge in [0.1, 0.15) is 6.04 Å². The molecule has 4 aromatic rings. The standard InChI is InChI=1S/C19H15N5O3/c1-11(24-10-20-14-8-4-3-7-13(14)19(24)27)17(25)23-22-16-12-6-2-5-9-15(12)21-18(16)26/h2-11,21,26H,1H3. The van der Waals surface area contributed by atoms with Crippen LogP contribution in [0.4, 0.5) is 5.69 Å². The predicted octanol–water partition coefficient (Wildman–Crippen LogP) is 3.45. The smallest absolute Gasteiger partial charge is 0.287 e. The zero-order valence-corrected chi connectivity index (χ0v) is 14.3. The number of nitrogens with one attached hydrogen (secondary N) is 1. The van der Waals surface area contributed by atoms with Crippen molar-refractivity contribution in [3.05, 3.63) is 65.2 Å². The molecule has 2 aromatic heterocycles. The van der Waals surface area contributed by atoms with E-state index in [-0.39, 0.29) is 17.1 Å². The summed E-state index contributed by atoms with van der Waals surface area (Å²) in [6.07, 6.45) is 1.33. The molecule has 1 amide bonds. The molecule has 2 N–H and O–H groups in total. The van der Waals surface area contributed by atoms with Crippen LogP contribution in [-0.2, 0) is 4.79 Å². The maximum Gasteiger partial charge on any atom is 0.287 e. The van der Waals surface area contributed by atoms with Crippen molar-refractivity contribution in [1.29, 1.82) is 0 Å². The molecule has 2 heterocycles. The number of hydrogen-bond acceptors (Lipinski definition) is 5. The zero-order valence-electron chi connectivity index (χ0n) is 14.3. The highest BCUT2D eigenvalue weighted by Crippen LogP contribution is 2.35. The summed E-state index contributed by atoms with van der Waals surface area (Å²) < 4.78 is 1.22. The van der Waals surface area contributed by atoms with Crippen LogP contribution in [0.15, 0.2) is 69.9 Å². The Bertz CT molecular complexity index is 1260. The summed E-state index contributed by atoms with van der Waals surface area (Å²) in [7, 11) is 0. The first kappa shape index (κ1) is 16.6. The maximum absolute atomic E-state index is 12.6. The third-order valence-electron chi connectivity index (χ3n) is 4.37. The summed E-state index contributed by atoms with van der Waals surface area (Å²) in [5.74, 6) is -0.802. The van der Waals surface area contributed by atoms with Crippen molar-refractivity contribution in [2.45, 2.75) is 13.0 Å². The fraction of sp³-hybridized carbons (Fsp3) is 0.105. The second-order valence-electron chi connectivity index (χ2n) is 6.06. The van der Waals surface area contributed by atoms with Crippen LogP contribution < -0.4 is 5.56 Å². The summed E-state index contributed by atoms with van der Waals surface area (Å²) in [5.41, 5.74) is 1.09. The minimum Gasteiger partial charge on any atom is -0.493 e. The molecular formula is C19H15N5O3. The lowest BCUT2D eigenvalue weighted by Gasteiger charge is -2.11. The molecule has 8 heteroatoms. The van der Waals surface area contributed by atoms with Crippen molar-refractivity contribution in [2.75, 3.05) is 0 Å². The van der Waals surface area contributed by atoms with Gasteiger partial charge in [-0.15, -0.1) is 10.2 Å². The Balaban J connectivity index is 1.67. The molecule has 4 rings (SSSR count). The lowest BCUT2D eigenvalue weighted by Crippen LogP contribution is -2.27. The molecule has 0 saturated heterocycles. The molecule has 0 spiro atoms. The minimum absolute atomic E-state index is 0.176. The Morgan fingerprint density at radius 3 is 2.67 bits per heavy atom. The monoisotopic (exact) mass is 361 g/mol. The number of amides is 1. The molecule has 0 radical (unpaired) electrons. The number of benzene rings is 2. The van der Waals surface area contributed by atoms with Crippen molar-refractivity contribution < 1.29 is 9.90 Å². The van der Waals surface area contributed by atoms with Gasteiger partial charge >= 0.3 is 0 Å². The molecule has 1 atom stereocenters. The van der Waals surface area contributed by atoms with Crippen LogP contribution in [0.3, 0.4) is 0 Å². The number of carbonyl (C=O) groups is 1. The van der Waals surface area contributed by atoms with Gasteiger partial charge in [-0.2, -0.15) is 0 Å². The number of aromatic hydroxyl groups is 1. The van der Waals surface area contributed by atoms with Crippen molar-refractivity contribution in [2.24, 2.45) is 10.2 Å². The zero-order chi connectivity index (χ0) is 19.0. The largest absolute Gasteiger partial charge is 0.493 e. The lowest BCUT2D eigenvalue weighted by molar-refractivity contribution is -0.121. The number of H-pyrrole nitrogens is 1. The Hall–Kier alpha value is -3.81. The Morgan fingerprint density at radius 1 is 1.15 bits per heavy atom. The van der Waals surface area contributed by atoms with Gasteiger partial charge in [-0.25, -0.2) is 4.98 Å². The average Bonchev–Trinajstić information content (AvgIpc) is 3.01. The highest BCUT2D eigenvalue weighted by molar-refractivity contribution is 5.94. The summed E-state index contributed by atoms with van der Waals surface area (Å²) in [4.78, 5) is 32.0. The van der Waals surface area contributed by atoms with E-state index in [0.717, 1.165) is 0 Å². The first-order valence-corrected chi connectivity index (χ1v) is 8.27. The van der Waals surface area contributed by atoms with E-state index in [1.165, 1.54) is 10.9 Å². The molecule has 0 saturated carbocycles. The fourth-order valence-corrected chi connectivity index (χ4v) is 2.87. The van der Waals surface area contributed by atoms with Gasteiger partial charge in [-0.3, -0.25) is 14.2 Å². The quantitative estimate of drug-likeness (QED) is 0.544. The second-order valence-corrected chi connectivity index (χ2v) is 6.06. The lowest BCUT2D eigenvalue weighted by atomic mass is 10.2. The molecule has 134 valence electrons. The van der Waals surface area contributed by atoms with Crippen LogP contribution in [0.5, 0.6) is 5.88 Å². The van der Waals surface area contributed by atoms with Gasteiger partial charge in [-0.1, -0.05) is 30.3 Å². The Labute approximate surface area is 152 Å². The van der Waals surface area contributed by atoms with Crippen molar-refractivity contribution >= 4 is 33.4 Å². The number of aromatic amines is 1. The number of azo groups is 1. The van der Waals surface area contributed by atoms with Crippen molar-refractivity contribution in [3.8, 4) is 5.88 Å². The van der Waals surface area contributed by atoms with Gasteiger partial charge in [0.05, 0.1) is 22.7 Å². The molecule has 1 unspecified atom stereocenters. The van der Waals surface area contributed by atoms with Gasteiger partial charge in [0, 0.05) is 5.39 Å². The highest BCUT2D eigenvalue weighted by Gasteiger charge is 2.18. The van der Waals surface area contributed by atoms with E-state index in [9.17, 15) is 14.7 Å². The molecule has 8 nitrogen and oxygen atoms in total. The number of nitrogens with zero attached hydrogens (tertiary/aromatic N) is 4. The van der Waals surface area contributed by atoms with Gasteiger partial charge < -0.3 is 10.1 Å². The van der Waals surface area contributed by atoms with Gasteiger partial charge in [0.2, 0.25) is 5.88 Å². The van der Waals surface area contributed by atoms with Crippen LogP contribution in [-0.4, -0.2) is 25.5 Å². The van der Waals surface area contributed by atoms with E-state index in [4.69, 9.17) is 0 Å². The third-order valence-corrected chi connectivity index (χ3v) is 4.37. The van der Waals surface area contributed by atoms with Crippen LogP contribution in [0.1, 0.15) is 13.0 Å². The summed E-state index contributed by atoms with van der Waals surface area (Å²) >= 11 is 0. The van der Waals surface area contributed by atoms with E-state index >= 15 is 0 Å². The molecule has 0 aliphatic heterocycles. The Kier molecular flexibility index (Phi) is 4.00. The second kappa shape index (κ2) is 6.49. The van der Waals surface area contributed by atoms with E-state index in [2.05, 4.69) is 20.2 Å². The van der Waals surface area contributed by atoms with Crippen LogP contribution in [0.2, 0.25) is 0 Å². The van der Waals surface area contributed by atoms with Gasteiger partial charge in [-0.05, 0) is 25.1 Å². The van der Waals surface area contributed by atoms with Gasteiger partial charge in [0.15, 0.2) is 5.69 Å². The average molecular weight is 361 g/mol. The summed E-state index contributed by atoms with van der Waals surface area (Å²) in [5, 5.41) is 18.6.